The van der Waals surface area contributed by atoms with Crippen LogP contribution in [-0.4, -0.2) is 32.6 Å². The number of aryl methyl sites for hydroxylation is 3. The average molecular weight is 377 g/mol. The van der Waals surface area contributed by atoms with Crippen LogP contribution in [-0.2, 0) is 0 Å². The Bertz CT molecular complexity index is 994. The monoisotopic (exact) mass is 377 g/mol. The molecule has 3 heterocycles. The molecule has 1 N–H and O–H groups in total. The number of hydrogen-bond acceptors (Lipinski definition) is 5. The SMILES string of the molecule is Cc1nccc(-c2cccc(NC(=O)N3CCC[C@@H]3c3c(C)noc3C)c2)n1. The number of aromatic nitrogens is 3. The van der Waals surface area contributed by atoms with Crippen molar-refractivity contribution in [3.05, 3.63) is 59.4 Å². The van der Waals surface area contributed by atoms with Crippen molar-refractivity contribution in [1.82, 2.24) is 20.0 Å². The summed E-state index contributed by atoms with van der Waals surface area (Å²) in [6.45, 7) is 6.40. The Morgan fingerprint density at radius 3 is 2.86 bits per heavy atom. The van der Waals surface area contributed by atoms with Crippen LogP contribution in [0.3, 0.4) is 0 Å². The smallest absolute Gasteiger partial charge is 0.322 e. The normalized spacial score (nSPS) is 16.4. The van der Waals surface area contributed by atoms with E-state index in [0.717, 1.165) is 46.8 Å². The fourth-order valence-electron chi connectivity index (χ4n) is 3.84. The summed E-state index contributed by atoms with van der Waals surface area (Å²) in [5.41, 5.74) is 4.38. The molecule has 2 amide bonds. The minimum atomic E-state index is -0.112. The lowest BCUT2D eigenvalue weighted by Gasteiger charge is -2.25. The fourth-order valence-corrected chi connectivity index (χ4v) is 3.84. The maximum Gasteiger partial charge on any atom is 0.322 e. The molecule has 1 saturated heterocycles. The molecule has 1 fully saturated rings. The Morgan fingerprint density at radius 2 is 2.11 bits per heavy atom. The lowest BCUT2D eigenvalue weighted by Crippen LogP contribution is -2.34. The van der Waals surface area contributed by atoms with Crippen LogP contribution >= 0.6 is 0 Å². The molecule has 0 radical (unpaired) electrons. The molecule has 1 aromatic carbocycles. The number of anilines is 1. The van der Waals surface area contributed by atoms with E-state index in [4.69, 9.17) is 4.52 Å². The lowest BCUT2D eigenvalue weighted by atomic mass is 10.0. The number of hydrogen-bond donors (Lipinski definition) is 1. The third kappa shape index (κ3) is 3.47. The molecule has 7 nitrogen and oxygen atoms in total. The van der Waals surface area contributed by atoms with Gasteiger partial charge in [0.1, 0.15) is 11.6 Å². The minimum Gasteiger partial charge on any atom is -0.361 e. The van der Waals surface area contributed by atoms with Gasteiger partial charge in [0.2, 0.25) is 0 Å². The molecular formula is C21H23N5O2. The number of rotatable bonds is 3. The van der Waals surface area contributed by atoms with Gasteiger partial charge in [-0.2, -0.15) is 0 Å². The molecule has 2 aromatic heterocycles. The first kappa shape index (κ1) is 18.2. The van der Waals surface area contributed by atoms with Gasteiger partial charge in [0, 0.05) is 29.6 Å². The number of amides is 2. The van der Waals surface area contributed by atoms with Crippen molar-refractivity contribution in [2.75, 3.05) is 11.9 Å². The summed E-state index contributed by atoms with van der Waals surface area (Å²) < 4.78 is 5.31. The zero-order valence-corrected chi connectivity index (χ0v) is 16.3. The van der Waals surface area contributed by atoms with Gasteiger partial charge in [-0.15, -0.1) is 0 Å². The summed E-state index contributed by atoms with van der Waals surface area (Å²) in [7, 11) is 0. The van der Waals surface area contributed by atoms with E-state index in [0.29, 0.717) is 12.4 Å². The van der Waals surface area contributed by atoms with E-state index in [1.807, 2.05) is 56.0 Å². The molecule has 144 valence electrons. The third-order valence-electron chi connectivity index (χ3n) is 5.12. The zero-order valence-electron chi connectivity index (χ0n) is 16.3. The molecule has 4 rings (SSSR count). The Morgan fingerprint density at radius 1 is 1.25 bits per heavy atom. The molecule has 0 saturated carbocycles. The van der Waals surface area contributed by atoms with Gasteiger partial charge in [-0.3, -0.25) is 0 Å². The van der Waals surface area contributed by atoms with E-state index in [2.05, 4.69) is 20.4 Å². The molecule has 1 aliphatic heterocycles. The van der Waals surface area contributed by atoms with Gasteiger partial charge in [-0.1, -0.05) is 17.3 Å². The number of likely N-dealkylation sites (tertiary alicyclic amines) is 1. The van der Waals surface area contributed by atoms with Crippen molar-refractivity contribution in [1.29, 1.82) is 0 Å². The second kappa shape index (κ2) is 7.42. The van der Waals surface area contributed by atoms with Crippen LogP contribution in [0.5, 0.6) is 0 Å². The van der Waals surface area contributed by atoms with Gasteiger partial charge in [0.15, 0.2) is 0 Å². The topological polar surface area (TPSA) is 84.2 Å². The van der Waals surface area contributed by atoms with Crippen LogP contribution in [0.2, 0.25) is 0 Å². The average Bonchev–Trinajstić information content (AvgIpc) is 3.28. The summed E-state index contributed by atoms with van der Waals surface area (Å²) in [6.07, 6.45) is 3.61. The van der Waals surface area contributed by atoms with Crippen LogP contribution in [0.15, 0.2) is 41.1 Å². The molecule has 7 heteroatoms. The van der Waals surface area contributed by atoms with Gasteiger partial charge >= 0.3 is 6.03 Å². The summed E-state index contributed by atoms with van der Waals surface area (Å²) in [6, 6.07) is 9.45. The second-order valence-corrected chi connectivity index (χ2v) is 7.09. The third-order valence-corrected chi connectivity index (χ3v) is 5.12. The Kier molecular flexibility index (Phi) is 4.81. The van der Waals surface area contributed by atoms with Crippen molar-refractivity contribution in [3.8, 4) is 11.3 Å². The first-order chi connectivity index (χ1) is 13.5. The number of benzene rings is 1. The highest BCUT2D eigenvalue weighted by atomic mass is 16.5. The van der Waals surface area contributed by atoms with Crippen molar-refractivity contribution in [3.63, 3.8) is 0 Å². The second-order valence-electron chi connectivity index (χ2n) is 7.09. The van der Waals surface area contributed by atoms with E-state index in [-0.39, 0.29) is 12.1 Å². The zero-order chi connectivity index (χ0) is 19.7. The number of nitrogens with zero attached hydrogens (tertiary/aromatic N) is 4. The van der Waals surface area contributed by atoms with E-state index in [1.54, 1.807) is 6.20 Å². The van der Waals surface area contributed by atoms with E-state index in [1.165, 1.54) is 0 Å². The number of carbonyl (C=O) groups excluding carboxylic acids is 1. The van der Waals surface area contributed by atoms with Crippen LogP contribution in [0.4, 0.5) is 10.5 Å². The molecular weight excluding hydrogens is 354 g/mol. The summed E-state index contributed by atoms with van der Waals surface area (Å²) >= 11 is 0. The summed E-state index contributed by atoms with van der Waals surface area (Å²) in [5, 5.41) is 7.08. The molecule has 3 aromatic rings. The quantitative estimate of drug-likeness (QED) is 0.730. The Balaban J connectivity index is 1.54. The Hall–Kier alpha value is -3.22. The highest BCUT2D eigenvalue weighted by molar-refractivity contribution is 5.90. The van der Waals surface area contributed by atoms with Crippen molar-refractivity contribution in [2.45, 2.75) is 39.7 Å². The number of urea groups is 1. The lowest BCUT2D eigenvalue weighted by molar-refractivity contribution is 0.206. The van der Waals surface area contributed by atoms with E-state index in [9.17, 15) is 4.79 Å². The van der Waals surface area contributed by atoms with Crippen LogP contribution < -0.4 is 5.32 Å². The Labute approximate surface area is 163 Å². The largest absolute Gasteiger partial charge is 0.361 e. The first-order valence-electron chi connectivity index (χ1n) is 9.43. The highest BCUT2D eigenvalue weighted by Gasteiger charge is 2.33. The van der Waals surface area contributed by atoms with Gasteiger partial charge in [0.25, 0.3) is 0 Å². The standard InChI is InChI=1S/C21H23N5O2/c1-13-20(14(2)28-25-13)19-8-5-11-26(19)21(27)24-17-7-4-6-16(12-17)18-9-10-22-15(3)23-18/h4,6-7,9-10,12,19H,5,8,11H2,1-3H3,(H,24,27)/t19-/m1/s1. The van der Waals surface area contributed by atoms with Gasteiger partial charge in [0.05, 0.1) is 17.4 Å². The molecule has 1 aliphatic rings. The van der Waals surface area contributed by atoms with Gasteiger partial charge in [-0.05, 0) is 51.8 Å². The number of carbonyl (C=O) groups is 1. The van der Waals surface area contributed by atoms with Crippen molar-refractivity contribution in [2.24, 2.45) is 0 Å². The highest BCUT2D eigenvalue weighted by Crippen LogP contribution is 2.36. The number of nitrogens with one attached hydrogen (secondary N) is 1. The predicted octanol–water partition coefficient (Wildman–Crippen LogP) is 4.43. The van der Waals surface area contributed by atoms with Crippen molar-refractivity contribution < 1.29 is 9.32 Å². The molecule has 0 aliphatic carbocycles. The first-order valence-corrected chi connectivity index (χ1v) is 9.43. The molecule has 28 heavy (non-hydrogen) atoms. The predicted molar refractivity (Wildman–Crippen MR) is 106 cm³/mol. The van der Waals surface area contributed by atoms with Gasteiger partial charge < -0.3 is 14.7 Å². The minimum absolute atomic E-state index is 0.000975. The molecule has 0 spiro atoms. The maximum atomic E-state index is 13.0. The van der Waals surface area contributed by atoms with Crippen molar-refractivity contribution >= 4 is 11.7 Å². The molecule has 1 atom stereocenters. The maximum absolute atomic E-state index is 13.0. The van der Waals surface area contributed by atoms with E-state index >= 15 is 0 Å². The summed E-state index contributed by atoms with van der Waals surface area (Å²) in [4.78, 5) is 23.4. The van der Waals surface area contributed by atoms with Crippen LogP contribution in [0.25, 0.3) is 11.3 Å². The molecule has 0 bridgehead atoms. The fraction of sp³-hybridized carbons (Fsp3) is 0.333. The van der Waals surface area contributed by atoms with Crippen LogP contribution in [0.1, 0.15) is 41.7 Å². The molecule has 0 unspecified atom stereocenters. The van der Waals surface area contributed by atoms with Crippen LogP contribution in [0, 0.1) is 20.8 Å². The van der Waals surface area contributed by atoms with Gasteiger partial charge in [-0.25, -0.2) is 14.8 Å². The summed E-state index contributed by atoms with van der Waals surface area (Å²) in [5.74, 6) is 1.50. The van der Waals surface area contributed by atoms with E-state index < -0.39 is 0 Å².